The average molecular weight is 328 g/mol. The van der Waals surface area contributed by atoms with E-state index in [2.05, 4.69) is 28.2 Å². The van der Waals surface area contributed by atoms with Gasteiger partial charge in [-0.05, 0) is 52.3 Å². The maximum Gasteiger partial charge on any atom is 0.167 e. The van der Waals surface area contributed by atoms with Gasteiger partial charge >= 0.3 is 0 Å². The molecule has 1 aliphatic rings. The zero-order valence-electron chi connectivity index (χ0n) is 12.0. The van der Waals surface area contributed by atoms with Crippen LogP contribution in [0.4, 0.5) is 0 Å². The second kappa shape index (κ2) is 5.71. The molecule has 0 bridgehead atoms. The maximum absolute atomic E-state index is 6.03. The SMILES string of the molecule is COc1ccc(Br)c(C2(C)CCCN2)c1OC(C)C. The van der Waals surface area contributed by atoms with Gasteiger partial charge in [-0.25, -0.2) is 0 Å². The molecule has 0 radical (unpaired) electrons. The van der Waals surface area contributed by atoms with E-state index in [9.17, 15) is 0 Å². The number of ether oxygens (including phenoxy) is 2. The number of hydrogen-bond acceptors (Lipinski definition) is 3. The lowest BCUT2D eigenvalue weighted by Crippen LogP contribution is -2.34. The van der Waals surface area contributed by atoms with Crippen LogP contribution in [-0.2, 0) is 5.54 Å². The van der Waals surface area contributed by atoms with Gasteiger partial charge in [0.1, 0.15) is 0 Å². The smallest absolute Gasteiger partial charge is 0.167 e. The fourth-order valence-corrected chi connectivity index (χ4v) is 3.42. The Hall–Kier alpha value is -0.740. The van der Waals surface area contributed by atoms with Crippen molar-refractivity contribution in [1.82, 2.24) is 5.32 Å². The molecule has 0 saturated carbocycles. The molecular weight excluding hydrogens is 306 g/mol. The Bertz CT molecular complexity index is 454. The van der Waals surface area contributed by atoms with Crippen molar-refractivity contribution in [3.63, 3.8) is 0 Å². The summed E-state index contributed by atoms with van der Waals surface area (Å²) in [5.41, 5.74) is 1.11. The lowest BCUT2D eigenvalue weighted by molar-refractivity contribution is 0.221. The monoisotopic (exact) mass is 327 g/mol. The molecule has 1 aromatic carbocycles. The first-order valence-corrected chi connectivity index (χ1v) is 7.56. The molecule has 1 heterocycles. The highest BCUT2D eigenvalue weighted by Crippen LogP contribution is 2.45. The molecule has 106 valence electrons. The predicted octanol–water partition coefficient (Wildman–Crippen LogP) is 3.84. The largest absolute Gasteiger partial charge is 0.493 e. The third kappa shape index (κ3) is 2.90. The maximum atomic E-state index is 6.03. The fourth-order valence-electron chi connectivity index (χ4n) is 2.68. The van der Waals surface area contributed by atoms with Crippen LogP contribution in [0.15, 0.2) is 16.6 Å². The highest BCUT2D eigenvalue weighted by Gasteiger charge is 2.36. The highest BCUT2D eigenvalue weighted by atomic mass is 79.9. The average Bonchev–Trinajstić information content (AvgIpc) is 2.76. The zero-order valence-corrected chi connectivity index (χ0v) is 13.6. The Labute approximate surface area is 123 Å². The summed E-state index contributed by atoms with van der Waals surface area (Å²) >= 11 is 3.67. The van der Waals surface area contributed by atoms with Crippen LogP contribution in [0, 0.1) is 0 Å². The van der Waals surface area contributed by atoms with Crippen molar-refractivity contribution >= 4 is 15.9 Å². The second-order valence-corrected chi connectivity index (χ2v) is 6.34. The molecule has 3 nitrogen and oxygen atoms in total. The quantitative estimate of drug-likeness (QED) is 0.911. The van der Waals surface area contributed by atoms with E-state index in [0.717, 1.165) is 34.5 Å². The molecular formula is C15H22BrNO2. The van der Waals surface area contributed by atoms with Gasteiger partial charge < -0.3 is 14.8 Å². The Balaban J connectivity index is 2.55. The molecule has 1 aliphatic heterocycles. The van der Waals surface area contributed by atoms with Gasteiger partial charge in [-0.1, -0.05) is 15.9 Å². The van der Waals surface area contributed by atoms with E-state index in [-0.39, 0.29) is 11.6 Å². The van der Waals surface area contributed by atoms with Gasteiger partial charge in [0.2, 0.25) is 0 Å². The van der Waals surface area contributed by atoms with E-state index >= 15 is 0 Å². The number of methoxy groups -OCH3 is 1. The normalized spacial score (nSPS) is 22.8. The minimum absolute atomic E-state index is 0.0579. The van der Waals surface area contributed by atoms with Crippen LogP contribution < -0.4 is 14.8 Å². The van der Waals surface area contributed by atoms with Crippen LogP contribution in [-0.4, -0.2) is 19.8 Å². The number of benzene rings is 1. The highest BCUT2D eigenvalue weighted by molar-refractivity contribution is 9.10. The predicted molar refractivity (Wildman–Crippen MR) is 81.0 cm³/mol. The summed E-state index contributed by atoms with van der Waals surface area (Å²) < 4.78 is 12.6. The second-order valence-electron chi connectivity index (χ2n) is 5.48. The molecule has 2 rings (SSSR count). The van der Waals surface area contributed by atoms with Gasteiger partial charge in [0.15, 0.2) is 11.5 Å². The van der Waals surface area contributed by atoms with Crippen LogP contribution in [0.1, 0.15) is 39.2 Å². The van der Waals surface area contributed by atoms with Crippen molar-refractivity contribution in [3.05, 3.63) is 22.2 Å². The minimum Gasteiger partial charge on any atom is -0.493 e. The molecule has 19 heavy (non-hydrogen) atoms. The van der Waals surface area contributed by atoms with E-state index in [1.54, 1.807) is 7.11 Å². The van der Waals surface area contributed by atoms with Crippen molar-refractivity contribution in [2.45, 2.75) is 45.3 Å². The first-order chi connectivity index (χ1) is 8.98. The topological polar surface area (TPSA) is 30.5 Å². The van der Waals surface area contributed by atoms with Crippen LogP contribution in [0.3, 0.4) is 0 Å². The summed E-state index contributed by atoms with van der Waals surface area (Å²) in [6.07, 6.45) is 2.40. The van der Waals surface area contributed by atoms with Crippen molar-refractivity contribution in [1.29, 1.82) is 0 Å². The summed E-state index contributed by atoms with van der Waals surface area (Å²) in [7, 11) is 1.69. The van der Waals surface area contributed by atoms with Crippen LogP contribution in [0.25, 0.3) is 0 Å². The van der Waals surface area contributed by atoms with E-state index < -0.39 is 0 Å². The standard InChI is InChI=1S/C15H22BrNO2/c1-10(2)19-14-12(18-4)7-6-11(16)13(14)15(3)8-5-9-17-15/h6-7,10,17H,5,8-9H2,1-4H3. The Morgan fingerprint density at radius 3 is 2.63 bits per heavy atom. The third-order valence-corrected chi connectivity index (χ3v) is 4.23. The van der Waals surface area contributed by atoms with Crippen LogP contribution in [0.5, 0.6) is 11.5 Å². The first-order valence-electron chi connectivity index (χ1n) is 6.76. The Kier molecular flexibility index (Phi) is 4.41. The van der Waals surface area contributed by atoms with Gasteiger partial charge in [0, 0.05) is 15.6 Å². The van der Waals surface area contributed by atoms with Gasteiger partial charge in [0.25, 0.3) is 0 Å². The molecule has 4 heteroatoms. The summed E-state index contributed by atoms with van der Waals surface area (Å²) in [6.45, 7) is 7.34. The number of rotatable bonds is 4. The number of halogens is 1. The summed E-state index contributed by atoms with van der Waals surface area (Å²) in [5, 5.41) is 3.59. The van der Waals surface area contributed by atoms with Crippen molar-refractivity contribution in [2.75, 3.05) is 13.7 Å². The molecule has 1 aromatic rings. The zero-order chi connectivity index (χ0) is 14.0. The van der Waals surface area contributed by atoms with Gasteiger partial charge in [-0.15, -0.1) is 0 Å². The van der Waals surface area contributed by atoms with E-state index in [1.165, 1.54) is 6.42 Å². The number of hydrogen-bond donors (Lipinski definition) is 1. The lowest BCUT2D eigenvalue weighted by atomic mass is 9.89. The summed E-state index contributed by atoms with van der Waals surface area (Å²) in [5.74, 6) is 1.64. The first kappa shape index (κ1) is 14.7. The van der Waals surface area contributed by atoms with E-state index in [1.807, 2.05) is 26.0 Å². The van der Waals surface area contributed by atoms with Crippen molar-refractivity contribution < 1.29 is 9.47 Å². The molecule has 0 amide bonds. The van der Waals surface area contributed by atoms with Gasteiger partial charge in [0.05, 0.1) is 13.2 Å². The Morgan fingerprint density at radius 2 is 2.11 bits per heavy atom. The number of nitrogens with one attached hydrogen (secondary N) is 1. The summed E-state index contributed by atoms with van der Waals surface area (Å²) in [4.78, 5) is 0. The molecule has 1 fully saturated rings. The fraction of sp³-hybridized carbons (Fsp3) is 0.600. The third-order valence-electron chi connectivity index (χ3n) is 3.56. The van der Waals surface area contributed by atoms with Gasteiger partial charge in [-0.3, -0.25) is 0 Å². The van der Waals surface area contributed by atoms with Crippen LogP contribution >= 0.6 is 15.9 Å². The van der Waals surface area contributed by atoms with Crippen molar-refractivity contribution in [2.24, 2.45) is 0 Å². The van der Waals surface area contributed by atoms with Gasteiger partial charge in [-0.2, -0.15) is 0 Å². The van der Waals surface area contributed by atoms with Crippen molar-refractivity contribution in [3.8, 4) is 11.5 Å². The molecule has 1 N–H and O–H groups in total. The lowest BCUT2D eigenvalue weighted by Gasteiger charge is -2.30. The molecule has 1 atom stereocenters. The molecule has 0 aliphatic carbocycles. The Morgan fingerprint density at radius 1 is 1.37 bits per heavy atom. The van der Waals surface area contributed by atoms with E-state index in [0.29, 0.717) is 0 Å². The minimum atomic E-state index is -0.0579. The molecule has 0 aromatic heterocycles. The summed E-state index contributed by atoms with van der Waals surface area (Å²) in [6, 6.07) is 3.98. The van der Waals surface area contributed by atoms with E-state index in [4.69, 9.17) is 9.47 Å². The molecule has 1 saturated heterocycles. The van der Waals surface area contributed by atoms with Crippen LogP contribution in [0.2, 0.25) is 0 Å². The molecule has 1 unspecified atom stereocenters. The molecule has 0 spiro atoms.